The number of alkyl halides is 3. The van der Waals surface area contributed by atoms with Crippen LogP contribution >= 0.6 is 0 Å². The van der Waals surface area contributed by atoms with E-state index in [9.17, 15) is 26.4 Å². The number of nitrogens with zero attached hydrogens (tertiary/aromatic N) is 2. The van der Waals surface area contributed by atoms with Crippen LogP contribution in [-0.2, 0) is 28.9 Å². The van der Waals surface area contributed by atoms with Crippen LogP contribution in [0.25, 0.3) is 11.0 Å². The van der Waals surface area contributed by atoms with Crippen LogP contribution in [-0.4, -0.2) is 48.8 Å². The van der Waals surface area contributed by atoms with Gasteiger partial charge in [0, 0.05) is 32.8 Å². The Labute approximate surface area is 192 Å². The number of ether oxygens (including phenoxy) is 3. The van der Waals surface area contributed by atoms with Gasteiger partial charge >= 0.3 is 11.9 Å². The summed E-state index contributed by atoms with van der Waals surface area (Å²) in [7, 11) is -0.738. The minimum absolute atomic E-state index is 0.0518. The minimum atomic E-state index is -4.50. The standard InChI is InChI=1S/C21H22F3N3O6S/c1-26-17-9-16(25-34(29,30)15-6-7-31-11-15)19(10-18(17)27(2)20(26)28)33-14-5-3-4-13(8-14)32-12-21(22,23)24/h3-5,8-10,15,25H,6-7,11-12H2,1-2H3. The van der Waals surface area contributed by atoms with Gasteiger partial charge in [-0.1, -0.05) is 6.07 Å². The summed E-state index contributed by atoms with van der Waals surface area (Å²) in [6.07, 6.45) is -4.18. The van der Waals surface area contributed by atoms with Crippen LogP contribution in [0.4, 0.5) is 18.9 Å². The number of aromatic nitrogens is 2. The Morgan fingerprint density at radius 1 is 1.12 bits per heavy atom. The molecule has 184 valence electrons. The molecule has 1 aliphatic rings. The smallest absolute Gasteiger partial charge is 0.422 e. The summed E-state index contributed by atoms with van der Waals surface area (Å²) in [6.45, 7) is -1.09. The number of hydrogen-bond acceptors (Lipinski definition) is 6. The molecule has 2 heterocycles. The molecule has 0 bridgehead atoms. The summed E-state index contributed by atoms with van der Waals surface area (Å²) in [5.74, 6) is 0.0991. The van der Waals surface area contributed by atoms with Gasteiger partial charge in [-0.25, -0.2) is 13.2 Å². The quantitative estimate of drug-likeness (QED) is 0.534. The first kappa shape index (κ1) is 24.0. The number of fused-ring (bicyclic) bond motifs is 1. The molecule has 9 nitrogen and oxygen atoms in total. The zero-order chi connectivity index (χ0) is 24.7. The highest BCUT2D eigenvalue weighted by Gasteiger charge is 2.31. The summed E-state index contributed by atoms with van der Waals surface area (Å²) >= 11 is 0. The van der Waals surface area contributed by atoms with Gasteiger partial charge < -0.3 is 14.2 Å². The second-order valence-corrected chi connectivity index (χ2v) is 9.81. The topological polar surface area (TPSA) is 101 Å². The van der Waals surface area contributed by atoms with E-state index in [2.05, 4.69) is 4.72 Å². The molecule has 0 spiro atoms. The Kier molecular flexibility index (Phi) is 6.25. The van der Waals surface area contributed by atoms with E-state index in [1.54, 1.807) is 14.1 Å². The van der Waals surface area contributed by atoms with Crippen LogP contribution in [0.1, 0.15) is 6.42 Å². The molecule has 0 aliphatic carbocycles. The van der Waals surface area contributed by atoms with Gasteiger partial charge in [-0.2, -0.15) is 13.2 Å². The molecule has 1 N–H and O–H groups in total. The molecule has 1 fully saturated rings. The van der Waals surface area contributed by atoms with Crippen LogP contribution in [0.3, 0.4) is 0 Å². The van der Waals surface area contributed by atoms with E-state index in [-0.39, 0.29) is 35.2 Å². The lowest BCUT2D eigenvalue weighted by Crippen LogP contribution is -2.28. The number of nitrogens with one attached hydrogen (secondary N) is 1. The van der Waals surface area contributed by atoms with Gasteiger partial charge in [-0.15, -0.1) is 0 Å². The Morgan fingerprint density at radius 3 is 2.44 bits per heavy atom. The Morgan fingerprint density at radius 2 is 1.79 bits per heavy atom. The van der Waals surface area contributed by atoms with Crippen LogP contribution in [0.5, 0.6) is 17.2 Å². The third-order valence-electron chi connectivity index (χ3n) is 5.39. The lowest BCUT2D eigenvalue weighted by molar-refractivity contribution is -0.153. The van der Waals surface area contributed by atoms with Gasteiger partial charge in [-0.05, 0) is 24.6 Å². The van der Waals surface area contributed by atoms with Crippen molar-refractivity contribution in [3.63, 3.8) is 0 Å². The minimum Gasteiger partial charge on any atom is -0.484 e. The highest BCUT2D eigenvalue weighted by Crippen LogP contribution is 2.36. The third kappa shape index (κ3) is 4.99. The van der Waals surface area contributed by atoms with Crippen molar-refractivity contribution >= 4 is 26.7 Å². The zero-order valence-electron chi connectivity index (χ0n) is 18.3. The highest BCUT2D eigenvalue weighted by molar-refractivity contribution is 7.93. The first-order chi connectivity index (χ1) is 15.9. The number of rotatable bonds is 7. The van der Waals surface area contributed by atoms with E-state index in [1.165, 1.54) is 45.5 Å². The van der Waals surface area contributed by atoms with Gasteiger partial charge in [0.2, 0.25) is 10.0 Å². The molecule has 0 saturated carbocycles. The van der Waals surface area contributed by atoms with Crippen molar-refractivity contribution in [1.82, 2.24) is 9.13 Å². The lowest BCUT2D eigenvalue weighted by Gasteiger charge is -2.17. The molecular formula is C21H22F3N3O6S. The maximum absolute atomic E-state index is 12.9. The first-order valence-electron chi connectivity index (χ1n) is 10.2. The molecule has 4 rings (SSSR count). The fourth-order valence-electron chi connectivity index (χ4n) is 3.60. The maximum Gasteiger partial charge on any atom is 0.422 e. The van der Waals surface area contributed by atoms with Crippen molar-refractivity contribution in [3.05, 3.63) is 46.9 Å². The first-order valence-corrected chi connectivity index (χ1v) is 11.8. The molecule has 1 saturated heterocycles. The van der Waals surface area contributed by atoms with E-state index in [4.69, 9.17) is 14.2 Å². The molecule has 13 heteroatoms. The number of benzene rings is 2. The van der Waals surface area contributed by atoms with Gasteiger partial charge in [0.05, 0.1) is 23.3 Å². The molecule has 1 aromatic heterocycles. The predicted molar refractivity (Wildman–Crippen MR) is 118 cm³/mol. The predicted octanol–water partition coefficient (Wildman–Crippen LogP) is 3.14. The summed E-state index contributed by atoms with van der Waals surface area (Å²) in [6, 6.07) is 8.48. The van der Waals surface area contributed by atoms with Crippen molar-refractivity contribution in [1.29, 1.82) is 0 Å². The molecule has 2 aromatic carbocycles. The number of sulfonamides is 1. The van der Waals surface area contributed by atoms with Gasteiger partial charge in [0.25, 0.3) is 0 Å². The molecule has 3 aromatic rings. The largest absolute Gasteiger partial charge is 0.484 e. The van der Waals surface area contributed by atoms with E-state index >= 15 is 0 Å². The normalized spacial score (nSPS) is 16.7. The van der Waals surface area contributed by atoms with Crippen LogP contribution in [0.2, 0.25) is 0 Å². The fraction of sp³-hybridized carbons (Fsp3) is 0.381. The molecule has 1 atom stereocenters. The summed E-state index contributed by atoms with van der Waals surface area (Å²) < 4.78 is 84.3. The molecule has 1 aliphatic heterocycles. The summed E-state index contributed by atoms with van der Waals surface area (Å²) in [5, 5.41) is -0.755. The second-order valence-electron chi connectivity index (χ2n) is 7.85. The third-order valence-corrected chi connectivity index (χ3v) is 7.14. The van der Waals surface area contributed by atoms with Crippen molar-refractivity contribution in [2.75, 3.05) is 24.5 Å². The Bertz CT molecular complexity index is 1370. The maximum atomic E-state index is 12.9. The Hall–Kier alpha value is -3.19. The van der Waals surface area contributed by atoms with Crippen molar-refractivity contribution in [2.45, 2.75) is 17.8 Å². The van der Waals surface area contributed by atoms with Gasteiger partial charge in [0.1, 0.15) is 16.7 Å². The highest BCUT2D eigenvalue weighted by atomic mass is 32.2. The molecule has 0 amide bonds. The van der Waals surface area contributed by atoms with Crippen molar-refractivity contribution in [2.24, 2.45) is 14.1 Å². The fourth-order valence-corrected chi connectivity index (χ4v) is 4.92. The second kappa shape index (κ2) is 8.87. The number of imidazole rings is 1. The number of hydrogen-bond donors (Lipinski definition) is 1. The average molecular weight is 501 g/mol. The monoisotopic (exact) mass is 501 g/mol. The van der Waals surface area contributed by atoms with Gasteiger partial charge in [0.15, 0.2) is 12.4 Å². The molecule has 1 unspecified atom stereocenters. The van der Waals surface area contributed by atoms with E-state index in [0.29, 0.717) is 24.1 Å². The van der Waals surface area contributed by atoms with Crippen LogP contribution in [0.15, 0.2) is 41.2 Å². The SMILES string of the molecule is Cn1c(=O)n(C)c2cc(Oc3cccc(OCC(F)(F)F)c3)c(NS(=O)(=O)C3CCOC3)cc21. The average Bonchev–Trinajstić information content (AvgIpc) is 3.38. The van der Waals surface area contributed by atoms with Crippen LogP contribution in [0, 0.1) is 0 Å². The molecule has 0 radical (unpaired) electrons. The van der Waals surface area contributed by atoms with Crippen molar-refractivity contribution < 1.29 is 35.8 Å². The number of halogens is 3. The number of aryl methyl sites for hydroxylation is 2. The Balaban J connectivity index is 1.73. The summed E-state index contributed by atoms with van der Waals surface area (Å²) in [5.41, 5.74) is 0.677. The molecular weight excluding hydrogens is 479 g/mol. The van der Waals surface area contributed by atoms with Crippen LogP contribution < -0.4 is 19.9 Å². The molecule has 34 heavy (non-hydrogen) atoms. The lowest BCUT2D eigenvalue weighted by atomic mass is 10.2. The van der Waals surface area contributed by atoms with Crippen molar-refractivity contribution in [3.8, 4) is 17.2 Å². The van der Waals surface area contributed by atoms with E-state index in [0.717, 1.165) is 0 Å². The van der Waals surface area contributed by atoms with Gasteiger partial charge in [-0.3, -0.25) is 13.9 Å². The number of anilines is 1. The summed E-state index contributed by atoms with van der Waals surface area (Å²) in [4.78, 5) is 12.4. The zero-order valence-corrected chi connectivity index (χ0v) is 19.1. The van der Waals surface area contributed by atoms with E-state index in [1.807, 2.05) is 0 Å². The van der Waals surface area contributed by atoms with E-state index < -0.39 is 28.1 Å².